The Morgan fingerprint density at radius 2 is 1.95 bits per heavy atom. The first-order chi connectivity index (χ1) is 10.1. The lowest BCUT2D eigenvalue weighted by molar-refractivity contribution is 0.183. The van der Waals surface area contributed by atoms with E-state index < -0.39 is 0 Å². The van der Waals surface area contributed by atoms with Gasteiger partial charge in [-0.15, -0.1) is 0 Å². The summed E-state index contributed by atoms with van der Waals surface area (Å²) in [5.41, 5.74) is 3.63. The van der Waals surface area contributed by atoms with Gasteiger partial charge < -0.3 is 15.0 Å². The molecule has 118 valence electrons. The van der Waals surface area contributed by atoms with Crippen LogP contribution in [-0.2, 0) is 0 Å². The van der Waals surface area contributed by atoms with Crippen LogP contribution in [0.25, 0.3) is 0 Å². The third kappa shape index (κ3) is 3.70. The molecule has 0 amide bonds. The Morgan fingerprint density at radius 1 is 1.29 bits per heavy atom. The molecule has 0 saturated carbocycles. The average molecular weight is 290 g/mol. The van der Waals surface area contributed by atoms with E-state index in [2.05, 4.69) is 50.0 Å². The van der Waals surface area contributed by atoms with Crippen LogP contribution in [0.4, 0.5) is 5.69 Å². The van der Waals surface area contributed by atoms with Crippen LogP contribution in [0.3, 0.4) is 0 Å². The van der Waals surface area contributed by atoms with Crippen LogP contribution in [0.2, 0.25) is 0 Å². The van der Waals surface area contributed by atoms with Gasteiger partial charge in [-0.2, -0.15) is 0 Å². The van der Waals surface area contributed by atoms with Crippen LogP contribution < -0.4 is 10.1 Å². The summed E-state index contributed by atoms with van der Waals surface area (Å²) in [7, 11) is 1.75. The van der Waals surface area contributed by atoms with Gasteiger partial charge in [-0.05, 0) is 70.8 Å². The molecule has 0 aliphatic carbocycles. The first-order valence-corrected chi connectivity index (χ1v) is 8.19. The molecular formula is C18H30N2O. The fourth-order valence-electron chi connectivity index (χ4n) is 3.43. The molecule has 1 aliphatic rings. The number of likely N-dealkylation sites (tertiary alicyclic amines) is 1. The first kappa shape index (κ1) is 16.2. The molecule has 1 unspecified atom stereocenters. The molecule has 1 N–H and O–H groups in total. The largest absolute Gasteiger partial charge is 0.496 e. The highest BCUT2D eigenvalue weighted by molar-refractivity contribution is 5.60. The summed E-state index contributed by atoms with van der Waals surface area (Å²) in [6.45, 7) is 12.5. The van der Waals surface area contributed by atoms with Gasteiger partial charge in [0.2, 0.25) is 0 Å². The molecule has 1 heterocycles. The minimum atomic E-state index is 0.509. The highest BCUT2D eigenvalue weighted by Gasteiger charge is 2.23. The fraction of sp³-hybridized carbons (Fsp3) is 0.667. The number of anilines is 1. The van der Waals surface area contributed by atoms with E-state index in [0.29, 0.717) is 6.04 Å². The summed E-state index contributed by atoms with van der Waals surface area (Å²) in [6, 6.07) is 4.83. The molecule has 0 spiro atoms. The number of benzene rings is 1. The topological polar surface area (TPSA) is 24.5 Å². The minimum absolute atomic E-state index is 0.509. The van der Waals surface area contributed by atoms with Gasteiger partial charge in [-0.3, -0.25) is 0 Å². The summed E-state index contributed by atoms with van der Waals surface area (Å²) in [5, 5.41) is 3.72. The zero-order valence-electron chi connectivity index (χ0n) is 14.2. The van der Waals surface area contributed by atoms with Gasteiger partial charge in [0.15, 0.2) is 0 Å². The summed E-state index contributed by atoms with van der Waals surface area (Å²) >= 11 is 0. The molecule has 2 rings (SSSR count). The Kier molecular flexibility index (Phi) is 5.51. The number of hydrogen-bond acceptors (Lipinski definition) is 3. The fourth-order valence-corrected chi connectivity index (χ4v) is 3.43. The van der Waals surface area contributed by atoms with Crippen molar-refractivity contribution in [3.05, 3.63) is 23.3 Å². The van der Waals surface area contributed by atoms with Crippen LogP contribution in [0.15, 0.2) is 12.1 Å². The van der Waals surface area contributed by atoms with E-state index in [1.807, 2.05) is 0 Å². The first-order valence-electron chi connectivity index (χ1n) is 8.19. The zero-order chi connectivity index (χ0) is 15.4. The molecule has 1 fully saturated rings. The molecule has 0 bridgehead atoms. The van der Waals surface area contributed by atoms with Crippen molar-refractivity contribution in [3.63, 3.8) is 0 Å². The van der Waals surface area contributed by atoms with E-state index in [9.17, 15) is 0 Å². The monoisotopic (exact) mass is 290 g/mol. The Labute approximate surface area is 129 Å². The van der Waals surface area contributed by atoms with E-state index in [0.717, 1.165) is 11.7 Å². The van der Waals surface area contributed by atoms with Gasteiger partial charge in [-0.25, -0.2) is 0 Å². The van der Waals surface area contributed by atoms with Crippen LogP contribution in [0.5, 0.6) is 5.75 Å². The Bertz CT molecular complexity index is 465. The van der Waals surface area contributed by atoms with E-state index in [-0.39, 0.29) is 0 Å². The SMILES string of the molecule is CCN1CCC(C(C)Nc2ccc(C)c(OC)c2C)CC1. The number of nitrogens with zero attached hydrogens (tertiary/aromatic N) is 1. The second kappa shape index (κ2) is 7.17. The molecule has 1 aromatic carbocycles. The Balaban J connectivity index is 2.02. The maximum atomic E-state index is 5.53. The average Bonchev–Trinajstić information content (AvgIpc) is 2.50. The standard InChI is InChI=1S/C18H30N2O/c1-6-20-11-9-16(10-12-20)15(4)19-17-8-7-13(2)18(21-5)14(17)3/h7-8,15-16,19H,6,9-12H2,1-5H3. The van der Waals surface area contributed by atoms with Gasteiger partial charge in [0.05, 0.1) is 7.11 Å². The third-order valence-electron chi connectivity index (χ3n) is 4.98. The van der Waals surface area contributed by atoms with Crippen LogP contribution >= 0.6 is 0 Å². The zero-order valence-corrected chi connectivity index (χ0v) is 14.2. The molecule has 1 atom stereocenters. The normalized spacial score (nSPS) is 18.5. The maximum Gasteiger partial charge on any atom is 0.126 e. The van der Waals surface area contributed by atoms with Crippen molar-refractivity contribution in [3.8, 4) is 5.75 Å². The molecule has 1 saturated heterocycles. The van der Waals surface area contributed by atoms with E-state index in [1.54, 1.807) is 7.11 Å². The molecule has 1 aliphatic heterocycles. The number of piperidine rings is 1. The van der Waals surface area contributed by atoms with Crippen molar-refractivity contribution < 1.29 is 4.74 Å². The van der Waals surface area contributed by atoms with Crippen molar-refractivity contribution in [2.75, 3.05) is 32.1 Å². The Hall–Kier alpha value is -1.22. The van der Waals surface area contributed by atoms with Gasteiger partial charge in [-0.1, -0.05) is 13.0 Å². The van der Waals surface area contributed by atoms with Crippen molar-refractivity contribution in [2.24, 2.45) is 5.92 Å². The molecule has 3 heteroatoms. The van der Waals surface area contributed by atoms with Crippen molar-refractivity contribution in [2.45, 2.75) is 46.6 Å². The van der Waals surface area contributed by atoms with E-state index >= 15 is 0 Å². The third-order valence-corrected chi connectivity index (χ3v) is 4.98. The highest BCUT2D eigenvalue weighted by atomic mass is 16.5. The number of rotatable bonds is 5. The molecule has 1 aromatic rings. The van der Waals surface area contributed by atoms with Gasteiger partial charge in [0.25, 0.3) is 0 Å². The number of methoxy groups -OCH3 is 1. The van der Waals surface area contributed by atoms with E-state index in [4.69, 9.17) is 4.74 Å². The number of aryl methyl sites for hydroxylation is 1. The van der Waals surface area contributed by atoms with Crippen molar-refractivity contribution >= 4 is 5.69 Å². The van der Waals surface area contributed by atoms with Crippen LogP contribution in [0, 0.1) is 19.8 Å². The molecule has 0 radical (unpaired) electrons. The molecule has 0 aromatic heterocycles. The number of ether oxygens (including phenoxy) is 1. The summed E-state index contributed by atoms with van der Waals surface area (Å²) in [5.74, 6) is 1.77. The lowest BCUT2D eigenvalue weighted by atomic mass is 9.90. The lowest BCUT2D eigenvalue weighted by Gasteiger charge is -2.35. The quantitative estimate of drug-likeness (QED) is 0.891. The number of nitrogens with one attached hydrogen (secondary N) is 1. The van der Waals surface area contributed by atoms with Crippen molar-refractivity contribution in [1.29, 1.82) is 0 Å². The van der Waals surface area contributed by atoms with Crippen molar-refractivity contribution in [1.82, 2.24) is 4.90 Å². The van der Waals surface area contributed by atoms with Crippen LogP contribution in [-0.4, -0.2) is 37.7 Å². The maximum absolute atomic E-state index is 5.53. The second-order valence-corrected chi connectivity index (χ2v) is 6.29. The molecule has 21 heavy (non-hydrogen) atoms. The van der Waals surface area contributed by atoms with E-state index in [1.165, 1.54) is 49.3 Å². The predicted octanol–water partition coefficient (Wildman–Crippen LogP) is 3.84. The smallest absolute Gasteiger partial charge is 0.126 e. The summed E-state index contributed by atoms with van der Waals surface area (Å²) < 4.78 is 5.53. The summed E-state index contributed by atoms with van der Waals surface area (Å²) in [4.78, 5) is 2.55. The number of hydrogen-bond donors (Lipinski definition) is 1. The van der Waals surface area contributed by atoms with Crippen LogP contribution in [0.1, 0.15) is 37.8 Å². The second-order valence-electron chi connectivity index (χ2n) is 6.29. The van der Waals surface area contributed by atoms with Gasteiger partial charge in [0.1, 0.15) is 5.75 Å². The molecular weight excluding hydrogens is 260 g/mol. The van der Waals surface area contributed by atoms with Gasteiger partial charge >= 0.3 is 0 Å². The summed E-state index contributed by atoms with van der Waals surface area (Å²) in [6.07, 6.45) is 2.59. The lowest BCUT2D eigenvalue weighted by Crippen LogP contribution is -2.39. The highest BCUT2D eigenvalue weighted by Crippen LogP contribution is 2.31. The van der Waals surface area contributed by atoms with Gasteiger partial charge in [0, 0.05) is 17.3 Å². The predicted molar refractivity (Wildman–Crippen MR) is 90.4 cm³/mol. The minimum Gasteiger partial charge on any atom is -0.496 e. The Morgan fingerprint density at radius 3 is 2.52 bits per heavy atom. The molecule has 3 nitrogen and oxygen atoms in total.